The quantitative estimate of drug-likeness (QED) is 0.216. The summed E-state index contributed by atoms with van der Waals surface area (Å²) in [7, 11) is 1.11. The van der Waals surface area contributed by atoms with E-state index in [9.17, 15) is 19.6 Å². The molecule has 1 amide bonds. The van der Waals surface area contributed by atoms with Crippen LogP contribution in [0.2, 0.25) is 10.0 Å². The molecule has 1 atom stereocenters. The summed E-state index contributed by atoms with van der Waals surface area (Å²) in [6.45, 7) is 1.69. The summed E-state index contributed by atoms with van der Waals surface area (Å²) in [5.74, 6) is -3.15. The van der Waals surface area contributed by atoms with Crippen molar-refractivity contribution in [3.05, 3.63) is 68.1 Å². The number of oxime groups is 1. The van der Waals surface area contributed by atoms with Gasteiger partial charge in [-0.3, -0.25) is 14.4 Å². The predicted molar refractivity (Wildman–Crippen MR) is 121 cm³/mol. The van der Waals surface area contributed by atoms with Crippen molar-refractivity contribution in [3.8, 4) is 0 Å². The number of hydrogen-bond donors (Lipinski definition) is 3. The molecule has 11 heteroatoms. The number of nitrogens with zero attached hydrogens (tertiary/aromatic N) is 2. The van der Waals surface area contributed by atoms with Crippen LogP contribution in [0.25, 0.3) is 11.0 Å². The molecule has 0 aliphatic heterocycles. The largest absolute Gasteiger partial charge is 0.468 e. The normalized spacial score (nSPS) is 12.4. The topological polar surface area (TPSA) is 134 Å². The summed E-state index contributed by atoms with van der Waals surface area (Å²) >= 11 is 12.0. The van der Waals surface area contributed by atoms with E-state index < -0.39 is 29.1 Å². The summed E-state index contributed by atoms with van der Waals surface area (Å²) in [6.07, 6.45) is -0.345. The molecular weight excluding hydrogens is 459 g/mol. The minimum Gasteiger partial charge on any atom is -0.468 e. The first-order valence-electron chi connectivity index (χ1n) is 9.29. The van der Waals surface area contributed by atoms with Crippen molar-refractivity contribution < 1.29 is 19.5 Å². The number of carbonyl (C=O) groups excluding carboxylic acids is 2. The van der Waals surface area contributed by atoms with Gasteiger partial charge in [-0.15, -0.1) is 0 Å². The van der Waals surface area contributed by atoms with Gasteiger partial charge in [-0.05, 0) is 42.8 Å². The highest BCUT2D eigenvalue weighted by atomic mass is 35.5. The van der Waals surface area contributed by atoms with Gasteiger partial charge in [-0.2, -0.15) is 0 Å². The summed E-state index contributed by atoms with van der Waals surface area (Å²) in [4.78, 5) is 44.7. The van der Waals surface area contributed by atoms with Crippen molar-refractivity contribution in [1.29, 1.82) is 0 Å². The second kappa shape index (κ2) is 9.80. The smallest absolute Gasteiger partial charge is 0.315 e. The van der Waals surface area contributed by atoms with Crippen molar-refractivity contribution in [2.45, 2.75) is 13.3 Å². The molecule has 0 fully saturated rings. The van der Waals surface area contributed by atoms with Gasteiger partial charge in [0.25, 0.3) is 11.5 Å². The van der Waals surface area contributed by atoms with Crippen molar-refractivity contribution in [1.82, 2.24) is 9.97 Å². The van der Waals surface area contributed by atoms with Crippen LogP contribution in [-0.4, -0.2) is 39.9 Å². The molecule has 0 radical (unpaired) electrons. The molecular formula is C21H18Cl2N4O5. The number of rotatable bonds is 6. The van der Waals surface area contributed by atoms with E-state index in [4.69, 9.17) is 27.9 Å². The number of hydrogen-bond acceptors (Lipinski definition) is 7. The lowest BCUT2D eigenvalue weighted by molar-refractivity contribution is -0.143. The molecule has 0 unspecified atom stereocenters. The van der Waals surface area contributed by atoms with Gasteiger partial charge in [-0.25, -0.2) is 4.98 Å². The Balaban J connectivity index is 1.95. The molecule has 0 saturated carbocycles. The minimum atomic E-state index is -1.40. The van der Waals surface area contributed by atoms with Gasteiger partial charge in [-0.1, -0.05) is 34.4 Å². The highest BCUT2D eigenvalue weighted by Crippen LogP contribution is 2.23. The highest BCUT2D eigenvalue weighted by molar-refractivity contribution is 6.46. The van der Waals surface area contributed by atoms with E-state index in [2.05, 4.69) is 20.4 Å². The number of fused-ring (bicyclic) bond motifs is 1. The molecule has 9 nitrogen and oxygen atoms in total. The Morgan fingerprint density at radius 2 is 2.03 bits per heavy atom. The minimum absolute atomic E-state index is 0.0527. The number of aromatic nitrogens is 2. The van der Waals surface area contributed by atoms with Crippen LogP contribution in [-0.2, 0) is 20.7 Å². The van der Waals surface area contributed by atoms with E-state index in [0.29, 0.717) is 32.3 Å². The first-order valence-corrected chi connectivity index (χ1v) is 10.1. The number of benzene rings is 2. The summed E-state index contributed by atoms with van der Waals surface area (Å²) in [6, 6.07) is 9.60. The maximum absolute atomic E-state index is 12.8. The molecule has 1 heterocycles. The number of nitrogens with one attached hydrogen (secondary N) is 2. The van der Waals surface area contributed by atoms with E-state index in [0.717, 1.165) is 7.11 Å². The number of esters is 1. The summed E-state index contributed by atoms with van der Waals surface area (Å²) < 4.78 is 4.76. The molecule has 0 bridgehead atoms. The number of ether oxygens (including phenoxy) is 1. The Bertz CT molecular complexity index is 1290. The molecule has 32 heavy (non-hydrogen) atoms. The number of aromatic amines is 1. The van der Waals surface area contributed by atoms with Crippen LogP contribution in [0.4, 0.5) is 5.69 Å². The van der Waals surface area contributed by atoms with Gasteiger partial charge in [0.15, 0.2) is 5.71 Å². The molecule has 0 aliphatic rings. The monoisotopic (exact) mass is 476 g/mol. The predicted octanol–water partition coefficient (Wildman–Crippen LogP) is 3.34. The highest BCUT2D eigenvalue weighted by Gasteiger charge is 2.33. The summed E-state index contributed by atoms with van der Waals surface area (Å²) in [5, 5.41) is 15.9. The number of methoxy groups -OCH3 is 1. The number of anilines is 1. The molecule has 0 spiro atoms. The number of halogens is 2. The standard InChI is InChI=1S/C21H18Cl2N4O5/c1-10-13(23)4-3-5-14(10)25-20(29)18(27-31)12(21(30)32-2)9-17-19(28)26-16-8-11(22)6-7-15(16)24-17/h3-8,12,31H,9H2,1-2H3,(H,25,29)(H,26,28)/b27-18-/t12-/m0/s1. The van der Waals surface area contributed by atoms with Gasteiger partial charge in [0.1, 0.15) is 11.6 Å². The van der Waals surface area contributed by atoms with Gasteiger partial charge in [0.05, 0.1) is 18.1 Å². The lowest BCUT2D eigenvalue weighted by atomic mass is 9.96. The zero-order valence-electron chi connectivity index (χ0n) is 17.0. The van der Waals surface area contributed by atoms with Gasteiger partial charge < -0.3 is 20.2 Å². The van der Waals surface area contributed by atoms with Crippen molar-refractivity contribution >= 4 is 57.5 Å². The van der Waals surface area contributed by atoms with Gasteiger partial charge in [0.2, 0.25) is 0 Å². The van der Waals surface area contributed by atoms with Crippen LogP contribution in [0.3, 0.4) is 0 Å². The Morgan fingerprint density at radius 1 is 1.28 bits per heavy atom. The third-order valence-electron chi connectivity index (χ3n) is 4.79. The lowest BCUT2D eigenvalue weighted by Crippen LogP contribution is -2.38. The molecule has 166 valence electrons. The van der Waals surface area contributed by atoms with Crippen LogP contribution in [0.1, 0.15) is 11.3 Å². The van der Waals surface area contributed by atoms with E-state index in [1.165, 1.54) is 6.07 Å². The fourth-order valence-electron chi connectivity index (χ4n) is 3.06. The molecule has 3 rings (SSSR count). The van der Waals surface area contributed by atoms with Crippen molar-refractivity contribution in [2.75, 3.05) is 12.4 Å². The SMILES string of the molecule is COC(=O)[C@@H](Cc1nc2ccc(Cl)cc2[nH]c1=O)/C(=N/O)C(=O)Nc1cccc(Cl)c1C. The van der Waals surface area contributed by atoms with Crippen molar-refractivity contribution in [2.24, 2.45) is 11.1 Å². The number of amides is 1. The number of H-pyrrole nitrogens is 1. The van der Waals surface area contributed by atoms with E-state index in [1.54, 1.807) is 37.3 Å². The number of carbonyl (C=O) groups is 2. The van der Waals surface area contributed by atoms with Crippen LogP contribution >= 0.6 is 23.2 Å². The summed E-state index contributed by atoms with van der Waals surface area (Å²) in [5.41, 5.74) is 0.598. The Kier molecular flexibility index (Phi) is 7.12. The maximum Gasteiger partial charge on any atom is 0.315 e. The second-order valence-electron chi connectivity index (χ2n) is 6.81. The Morgan fingerprint density at radius 3 is 2.72 bits per heavy atom. The Labute approximate surface area is 192 Å². The molecule has 3 N–H and O–H groups in total. The van der Waals surface area contributed by atoms with E-state index >= 15 is 0 Å². The molecule has 2 aromatic carbocycles. The van der Waals surface area contributed by atoms with Crippen LogP contribution < -0.4 is 10.9 Å². The fourth-order valence-corrected chi connectivity index (χ4v) is 3.41. The molecule has 0 saturated heterocycles. The van der Waals surface area contributed by atoms with Crippen LogP contribution in [0, 0.1) is 12.8 Å². The zero-order chi connectivity index (χ0) is 23.4. The van der Waals surface area contributed by atoms with Crippen LogP contribution in [0.5, 0.6) is 0 Å². The van der Waals surface area contributed by atoms with Gasteiger partial charge >= 0.3 is 5.97 Å². The molecule has 0 aliphatic carbocycles. The second-order valence-corrected chi connectivity index (χ2v) is 7.65. The lowest BCUT2D eigenvalue weighted by Gasteiger charge is -2.16. The van der Waals surface area contributed by atoms with Crippen molar-refractivity contribution in [3.63, 3.8) is 0 Å². The maximum atomic E-state index is 12.8. The van der Waals surface area contributed by atoms with E-state index in [-0.39, 0.29) is 12.1 Å². The first kappa shape index (κ1) is 23.2. The molecule has 3 aromatic rings. The fraction of sp³-hybridized carbons (Fsp3) is 0.190. The third-order valence-corrected chi connectivity index (χ3v) is 5.44. The van der Waals surface area contributed by atoms with E-state index in [1.807, 2.05) is 0 Å². The van der Waals surface area contributed by atoms with Gasteiger partial charge in [0, 0.05) is 22.2 Å². The zero-order valence-corrected chi connectivity index (χ0v) is 18.5. The Hall–Kier alpha value is -3.43. The van der Waals surface area contributed by atoms with Crippen LogP contribution in [0.15, 0.2) is 46.3 Å². The third kappa shape index (κ3) is 4.90. The molecule has 1 aromatic heterocycles. The first-order chi connectivity index (χ1) is 15.2. The average molecular weight is 477 g/mol. The average Bonchev–Trinajstić information content (AvgIpc) is 2.76.